The zero-order valence-corrected chi connectivity index (χ0v) is 16.5. The molecule has 4 nitrogen and oxygen atoms in total. The number of hydrogen-bond acceptors (Lipinski definition) is 3. The molecule has 2 heterocycles. The number of rotatable bonds is 4. The summed E-state index contributed by atoms with van der Waals surface area (Å²) in [5.41, 5.74) is 5.41. The quantitative estimate of drug-likeness (QED) is 0.627. The fraction of sp³-hybridized carbons (Fsp3) is 0.292. The van der Waals surface area contributed by atoms with Gasteiger partial charge < -0.3 is 14.6 Å². The first-order chi connectivity index (χ1) is 13.6. The minimum atomic E-state index is -0.235. The molecule has 1 aliphatic heterocycles. The first kappa shape index (κ1) is 18.4. The van der Waals surface area contributed by atoms with Crippen molar-refractivity contribution in [1.29, 1.82) is 0 Å². The van der Waals surface area contributed by atoms with E-state index in [2.05, 4.69) is 48.3 Å². The third-order valence-electron chi connectivity index (χ3n) is 5.47. The van der Waals surface area contributed by atoms with Gasteiger partial charge in [-0.2, -0.15) is 0 Å². The van der Waals surface area contributed by atoms with Crippen LogP contribution in [-0.2, 0) is 0 Å². The SMILES string of the molecule is Cc1ccc(-c2ccc(C(=O)Nc3ccc(N4CCCCC4)cc3)o2)cc1C. The first-order valence-corrected chi connectivity index (χ1v) is 9.94. The van der Waals surface area contributed by atoms with E-state index in [0.717, 1.165) is 24.3 Å². The van der Waals surface area contributed by atoms with Crippen molar-refractivity contribution >= 4 is 17.3 Å². The molecule has 0 aliphatic carbocycles. The van der Waals surface area contributed by atoms with E-state index in [4.69, 9.17) is 4.42 Å². The molecule has 144 valence electrons. The van der Waals surface area contributed by atoms with Crippen molar-refractivity contribution < 1.29 is 9.21 Å². The van der Waals surface area contributed by atoms with E-state index in [1.165, 1.54) is 36.1 Å². The molecule has 0 radical (unpaired) electrons. The number of carbonyl (C=O) groups excluding carboxylic acids is 1. The molecule has 4 heteroatoms. The van der Waals surface area contributed by atoms with Crippen LogP contribution in [0.2, 0.25) is 0 Å². The molecule has 3 aromatic rings. The van der Waals surface area contributed by atoms with Crippen molar-refractivity contribution in [3.05, 3.63) is 71.5 Å². The van der Waals surface area contributed by atoms with Crippen LogP contribution in [0.5, 0.6) is 0 Å². The Bertz CT molecular complexity index is 967. The van der Waals surface area contributed by atoms with Crippen LogP contribution in [0.15, 0.2) is 59.0 Å². The Balaban J connectivity index is 1.43. The Labute approximate surface area is 166 Å². The van der Waals surface area contributed by atoms with E-state index in [1.54, 1.807) is 6.07 Å². The van der Waals surface area contributed by atoms with Gasteiger partial charge in [0.2, 0.25) is 0 Å². The van der Waals surface area contributed by atoms with E-state index >= 15 is 0 Å². The molecule has 1 aromatic heterocycles. The van der Waals surface area contributed by atoms with E-state index in [0.29, 0.717) is 11.5 Å². The summed E-state index contributed by atoms with van der Waals surface area (Å²) < 4.78 is 5.80. The number of piperidine rings is 1. The summed E-state index contributed by atoms with van der Waals surface area (Å²) in [6.45, 7) is 6.37. The number of benzene rings is 2. The minimum absolute atomic E-state index is 0.235. The summed E-state index contributed by atoms with van der Waals surface area (Å²) in [5, 5.41) is 2.92. The number of nitrogens with one attached hydrogen (secondary N) is 1. The van der Waals surface area contributed by atoms with Crippen LogP contribution in [-0.4, -0.2) is 19.0 Å². The lowest BCUT2D eigenvalue weighted by atomic mass is 10.1. The number of nitrogens with zero attached hydrogens (tertiary/aromatic N) is 1. The van der Waals surface area contributed by atoms with Crippen molar-refractivity contribution in [2.45, 2.75) is 33.1 Å². The van der Waals surface area contributed by atoms with Gasteiger partial charge in [-0.3, -0.25) is 4.79 Å². The summed E-state index contributed by atoms with van der Waals surface area (Å²) in [7, 11) is 0. The van der Waals surface area contributed by atoms with Gasteiger partial charge in [-0.15, -0.1) is 0 Å². The molecule has 28 heavy (non-hydrogen) atoms. The largest absolute Gasteiger partial charge is 0.451 e. The second kappa shape index (κ2) is 7.93. The maximum atomic E-state index is 12.6. The molecule has 0 bridgehead atoms. The molecule has 1 aliphatic rings. The zero-order valence-electron chi connectivity index (χ0n) is 16.5. The highest BCUT2D eigenvalue weighted by molar-refractivity contribution is 6.02. The van der Waals surface area contributed by atoms with Crippen LogP contribution in [0.25, 0.3) is 11.3 Å². The molecule has 2 aromatic carbocycles. The average molecular weight is 374 g/mol. The summed E-state index contributed by atoms with van der Waals surface area (Å²) in [5.74, 6) is 0.780. The Kier molecular flexibility index (Phi) is 5.20. The lowest BCUT2D eigenvalue weighted by molar-refractivity contribution is 0.0997. The number of hydrogen-bond donors (Lipinski definition) is 1. The molecule has 4 rings (SSSR count). The van der Waals surface area contributed by atoms with Gasteiger partial charge in [-0.1, -0.05) is 12.1 Å². The van der Waals surface area contributed by atoms with E-state index in [9.17, 15) is 4.79 Å². The number of aryl methyl sites for hydroxylation is 2. The first-order valence-electron chi connectivity index (χ1n) is 9.94. The van der Waals surface area contributed by atoms with Gasteiger partial charge in [0, 0.05) is 30.0 Å². The molecule has 1 N–H and O–H groups in total. The Morgan fingerprint density at radius 1 is 0.893 bits per heavy atom. The third-order valence-corrected chi connectivity index (χ3v) is 5.47. The Morgan fingerprint density at radius 3 is 2.36 bits per heavy atom. The second-order valence-corrected chi connectivity index (χ2v) is 7.51. The van der Waals surface area contributed by atoms with Crippen molar-refractivity contribution in [1.82, 2.24) is 0 Å². The molecule has 0 unspecified atom stereocenters. The Morgan fingerprint density at radius 2 is 1.64 bits per heavy atom. The highest BCUT2D eigenvalue weighted by atomic mass is 16.3. The van der Waals surface area contributed by atoms with Gasteiger partial charge >= 0.3 is 0 Å². The predicted molar refractivity (Wildman–Crippen MR) is 114 cm³/mol. The van der Waals surface area contributed by atoms with Crippen molar-refractivity contribution in [3.8, 4) is 11.3 Å². The number of amides is 1. The average Bonchev–Trinajstić information content (AvgIpc) is 3.22. The molecular formula is C24H26N2O2. The Hall–Kier alpha value is -3.01. The van der Waals surface area contributed by atoms with Gasteiger partial charge in [0.1, 0.15) is 5.76 Å². The number of furan rings is 1. The number of carbonyl (C=O) groups is 1. The van der Waals surface area contributed by atoms with Crippen LogP contribution >= 0.6 is 0 Å². The van der Waals surface area contributed by atoms with E-state index in [-0.39, 0.29) is 5.91 Å². The zero-order chi connectivity index (χ0) is 19.5. The van der Waals surface area contributed by atoms with Gasteiger partial charge in [0.15, 0.2) is 5.76 Å². The van der Waals surface area contributed by atoms with Crippen molar-refractivity contribution in [2.75, 3.05) is 23.3 Å². The second-order valence-electron chi connectivity index (χ2n) is 7.51. The minimum Gasteiger partial charge on any atom is -0.451 e. The third kappa shape index (κ3) is 3.96. The smallest absolute Gasteiger partial charge is 0.291 e. The van der Waals surface area contributed by atoms with E-state index in [1.807, 2.05) is 24.3 Å². The number of anilines is 2. The van der Waals surface area contributed by atoms with Gasteiger partial charge in [0.25, 0.3) is 5.91 Å². The summed E-state index contributed by atoms with van der Waals surface area (Å²) in [4.78, 5) is 15.0. The molecule has 1 saturated heterocycles. The maximum Gasteiger partial charge on any atom is 0.291 e. The maximum absolute atomic E-state index is 12.6. The van der Waals surface area contributed by atoms with Crippen LogP contribution in [0, 0.1) is 13.8 Å². The van der Waals surface area contributed by atoms with Crippen LogP contribution < -0.4 is 10.2 Å². The lowest BCUT2D eigenvalue weighted by Gasteiger charge is -2.28. The van der Waals surface area contributed by atoms with Crippen molar-refractivity contribution in [2.24, 2.45) is 0 Å². The van der Waals surface area contributed by atoms with Crippen LogP contribution in [0.3, 0.4) is 0 Å². The highest BCUT2D eigenvalue weighted by Gasteiger charge is 2.14. The monoisotopic (exact) mass is 374 g/mol. The van der Waals surface area contributed by atoms with Gasteiger partial charge in [-0.05, 0) is 86.7 Å². The predicted octanol–water partition coefficient (Wildman–Crippen LogP) is 5.81. The van der Waals surface area contributed by atoms with Gasteiger partial charge in [0.05, 0.1) is 0 Å². The lowest BCUT2D eigenvalue weighted by Crippen LogP contribution is -2.29. The molecular weight excluding hydrogens is 348 g/mol. The molecule has 0 spiro atoms. The molecule has 0 saturated carbocycles. The standard InChI is InChI=1S/C24H26N2O2/c1-17-6-7-19(16-18(17)2)22-12-13-23(28-22)24(27)25-20-8-10-21(11-9-20)26-14-4-3-5-15-26/h6-13,16H,3-5,14-15H2,1-2H3,(H,25,27). The fourth-order valence-corrected chi connectivity index (χ4v) is 3.61. The van der Waals surface area contributed by atoms with Crippen LogP contribution in [0.4, 0.5) is 11.4 Å². The summed E-state index contributed by atoms with van der Waals surface area (Å²) in [6, 6.07) is 17.8. The van der Waals surface area contributed by atoms with Crippen LogP contribution in [0.1, 0.15) is 40.9 Å². The topological polar surface area (TPSA) is 45.5 Å². The normalized spacial score (nSPS) is 14.1. The molecule has 1 amide bonds. The fourth-order valence-electron chi connectivity index (χ4n) is 3.61. The van der Waals surface area contributed by atoms with Crippen molar-refractivity contribution in [3.63, 3.8) is 0 Å². The molecule has 0 atom stereocenters. The highest BCUT2D eigenvalue weighted by Crippen LogP contribution is 2.26. The summed E-state index contributed by atoms with van der Waals surface area (Å²) in [6.07, 6.45) is 3.82. The molecule has 1 fully saturated rings. The summed E-state index contributed by atoms with van der Waals surface area (Å²) >= 11 is 0. The van der Waals surface area contributed by atoms with Gasteiger partial charge in [-0.25, -0.2) is 0 Å². The van der Waals surface area contributed by atoms with E-state index < -0.39 is 0 Å².